The highest BCUT2D eigenvalue weighted by atomic mass is 32.1. The summed E-state index contributed by atoms with van der Waals surface area (Å²) in [5.74, 6) is -0.666. The van der Waals surface area contributed by atoms with Crippen LogP contribution in [0, 0.1) is 5.82 Å². The first kappa shape index (κ1) is 15.6. The summed E-state index contributed by atoms with van der Waals surface area (Å²) in [5, 5.41) is 12.1. The number of carbonyl (C=O) groups excluding carboxylic acids is 1. The molecule has 0 atom stereocenters. The maximum atomic E-state index is 12.8. The maximum absolute atomic E-state index is 12.8. The largest absolute Gasteiger partial charge is 0.296 e. The van der Waals surface area contributed by atoms with E-state index in [4.69, 9.17) is 0 Å². The molecule has 1 amide bonds. The minimum atomic E-state index is -0.364. The van der Waals surface area contributed by atoms with Gasteiger partial charge in [0, 0.05) is 12.0 Å². The van der Waals surface area contributed by atoms with Gasteiger partial charge < -0.3 is 0 Å². The number of benzene rings is 1. The van der Waals surface area contributed by atoms with Crippen LogP contribution in [-0.4, -0.2) is 16.1 Å². The van der Waals surface area contributed by atoms with Crippen LogP contribution in [0.15, 0.2) is 24.3 Å². The van der Waals surface area contributed by atoms with Crippen LogP contribution in [0.3, 0.4) is 0 Å². The molecule has 0 unspecified atom stereocenters. The number of nitrogens with one attached hydrogen (secondary N) is 1. The smallest absolute Gasteiger partial charge is 0.257 e. The zero-order valence-corrected chi connectivity index (χ0v) is 12.8. The van der Waals surface area contributed by atoms with Gasteiger partial charge in [-0.3, -0.25) is 10.1 Å². The van der Waals surface area contributed by atoms with Crippen molar-refractivity contribution in [2.75, 3.05) is 5.32 Å². The van der Waals surface area contributed by atoms with E-state index in [1.165, 1.54) is 54.9 Å². The number of aryl methyl sites for hydroxylation is 1. The third kappa shape index (κ3) is 4.90. The molecule has 1 heterocycles. The lowest BCUT2D eigenvalue weighted by Crippen LogP contribution is -2.11. The molecule has 21 heavy (non-hydrogen) atoms. The highest BCUT2D eigenvalue weighted by molar-refractivity contribution is 7.15. The predicted octanol–water partition coefficient (Wildman–Crippen LogP) is 4.05. The Morgan fingerprint density at radius 2 is 1.95 bits per heavy atom. The number of nitrogens with zero attached hydrogens (tertiary/aromatic N) is 2. The molecule has 1 aromatic heterocycles. The van der Waals surface area contributed by atoms with E-state index in [0.717, 1.165) is 17.8 Å². The lowest BCUT2D eigenvalue weighted by Gasteiger charge is -2.00. The molecule has 6 heteroatoms. The number of hydrogen-bond donors (Lipinski definition) is 1. The van der Waals surface area contributed by atoms with Crippen molar-refractivity contribution in [2.24, 2.45) is 0 Å². The van der Waals surface area contributed by atoms with Crippen molar-refractivity contribution in [1.82, 2.24) is 10.2 Å². The molecule has 2 aromatic rings. The quantitative estimate of drug-likeness (QED) is 0.785. The van der Waals surface area contributed by atoms with E-state index in [0.29, 0.717) is 10.7 Å². The molecular formula is C15H18FN3OS. The molecule has 0 bridgehead atoms. The summed E-state index contributed by atoms with van der Waals surface area (Å²) in [4.78, 5) is 11.9. The third-order valence-electron chi connectivity index (χ3n) is 3.04. The van der Waals surface area contributed by atoms with Crippen LogP contribution in [0.5, 0.6) is 0 Å². The summed E-state index contributed by atoms with van der Waals surface area (Å²) in [6.07, 6.45) is 5.61. The zero-order chi connectivity index (χ0) is 15.1. The van der Waals surface area contributed by atoms with Crippen molar-refractivity contribution in [3.63, 3.8) is 0 Å². The van der Waals surface area contributed by atoms with Crippen LogP contribution in [0.1, 0.15) is 48.0 Å². The molecule has 0 saturated heterocycles. The molecule has 1 N–H and O–H groups in total. The lowest BCUT2D eigenvalue weighted by molar-refractivity contribution is 0.102. The molecule has 0 saturated carbocycles. The van der Waals surface area contributed by atoms with Crippen molar-refractivity contribution in [1.29, 1.82) is 0 Å². The fourth-order valence-electron chi connectivity index (χ4n) is 1.88. The number of unbranched alkanes of at least 4 members (excludes halogenated alkanes) is 3. The van der Waals surface area contributed by atoms with Gasteiger partial charge >= 0.3 is 0 Å². The summed E-state index contributed by atoms with van der Waals surface area (Å²) >= 11 is 1.39. The summed E-state index contributed by atoms with van der Waals surface area (Å²) in [7, 11) is 0. The molecular weight excluding hydrogens is 289 g/mol. The molecule has 1 aromatic carbocycles. The standard InChI is InChI=1S/C15H18FN3OS/c1-2-3-4-5-6-13-18-19-15(21-13)17-14(20)11-7-9-12(16)10-8-11/h7-10H,2-6H2,1H3,(H,17,19,20). The number of aromatic nitrogens is 2. The van der Waals surface area contributed by atoms with Crippen molar-refractivity contribution in [3.05, 3.63) is 40.7 Å². The Hall–Kier alpha value is -1.82. The topological polar surface area (TPSA) is 54.9 Å². The summed E-state index contributed by atoms with van der Waals surface area (Å²) in [6.45, 7) is 2.17. The Morgan fingerprint density at radius 3 is 2.67 bits per heavy atom. The Labute approximate surface area is 127 Å². The number of halogens is 1. The first-order valence-electron chi connectivity index (χ1n) is 7.08. The molecule has 0 aliphatic rings. The Balaban J connectivity index is 1.87. The highest BCUT2D eigenvalue weighted by Crippen LogP contribution is 2.18. The van der Waals surface area contributed by atoms with Gasteiger partial charge in [0.1, 0.15) is 10.8 Å². The summed E-state index contributed by atoms with van der Waals surface area (Å²) < 4.78 is 12.8. The van der Waals surface area contributed by atoms with Crippen LogP contribution < -0.4 is 5.32 Å². The molecule has 2 rings (SSSR count). The van der Waals surface area contributed by atoms with Gasteiger partial charge in [0.15, 0.2) is 0 Å². The van der Waals surface area contributed by atoms with E-state index in [-0.39, 0.29) is 11.7 Å². The van der Waals surface area contributed by atoms with Gasteiger partial charge in [-0.05, 0) is 30.7 Å². The van der Waals surface area contributed by atoms with Crippen molar-refractivity contribution in [2.45, 2.75) is 39.0 Å². The van der Waals surface area contributed by atoms with E-state index < -0.39 is 0 Å². The third-order valence-corrected chi connectivity index (χ3v) is 3.94. The molecule has 0 radical (unpaired) electrons. The number of amides is 1. The average Bonchev–Trinajstić information content (AvgIpc) is 2.92. The van der Waals surface area contributed by atoms with Crippen LogP contribution in [-0.2, 0) is 6.42 Å². The van der Waals surface area contributed by atoms with Crippen molar-refractivity contribution < 1.29 is 9.18 Å². The molecule has 0 aliphatic heterocycles. The van der Waals surface area contributed by atoms with Crippen molar-refractivity contribution >= 4 is 22.4 Å². The highest BCUT2D eigenvalue weighted by Gasteiger charge is 2.10. The fraction of sp³-hybridized carbons (Fsp3) is 0.400. The normalized spacial score (nSPS) is 10.6. The second kappa shape index (κ2) is 7.83. The van der Waals surface area contributed by atoms with Gasteiger partial charge in [0.25, 0.3) is 5.91 Å². The maximum Gasteiger partial charge on any atom is 0.257 e. The Kier molecular flexibility index (Phi) is 5.80. The van der Waals surface area contributed by atoms with E-state index in [1.807, 2.05) is 0 Å². The minimum Gasteiger partial charge on any atom is -0.296 e. The van der Waals surface area contributed by atoms with Crippen LogP contribution in [0.2, 0.25) is 0 Å². The fourth-order valence-corrected chi connectivity index (χ4v) is 2.66. The molecule has 0 spiro atoms. The van der Waals surface area contributed by atoms with Gasteiger partial charge in [-0.1, -0.05) is 37.5 Å². The first-order chi connectivity index (χ1) is 10.2. The molecule has 112 valence electrons. The predicted molar refractivity (Wildman–Crippen MR) is 82.1 cm³/mol. The van der Waals surface area contributed by atoms with E-state index in [9.17, 15) is 9.18 Å². The molecule has 0 aliphatic carbocycles. The Bertz CT molecular complexity index is 583. The van der Waals surface area contributed by atoms with Gasteiger partial charge in [0.05, 0.1) is 0 Å². The second-order valence-electron chi connectivity index (χ2n) is 4.77. The van der Waals surface area contributed by atoms with E-state index in [2.05, 4.69) is 22.4 Å². The van der Waals surface area contributed by atoms with E-state index in [1.54, 1.807) is 0 Å². The number of hydrogen-bond acceptors (Lipinski definition) is 4. The van der Waals surface area contributed by atoms with Gasteiger partial charge in [-0.15, -0.1) is 10.2 Å². The minimum absolute atomic E-state index is 0.302. The SMILES string of the molecule is CCCCCCc1nnc(NC(=O)c2ccc(F)cc2)s1. The summed E-state index contributed by atoms with van der Waals surface area (Å²) in [5.41, 5.74) is 0.399. The lowest BCUT2D eigenvalue weighted by atomic mass is 10.2. The first-order valence-corrected chi connectivity index (χ1v) is 7.90. The average molecular weight is 307 g/mol. The Morgan fingerprint density at radius 1 is 1.19 bits per heavy atom. The number of carbonyl (C=O) groups is 1. The van der Waals surface area contributed by atoms with Gasteiger partial charge in [-0.2, -0.15) is 0 Å². The van der Waals surface area contributed by atoms with Gasteiger partial charge in [0.2, 0.25) is 5.13 Å². The molecule has 0 fully saturated rings. The zero-order valence-electron chi connectivity index (χ0n) is 11.9. The molecule has 4 nitrogen and oxygen atoms in total. The second-order valence-corrected chi connectivity index (χ2v) is 5.83. The number of anilines is 1. The number of rotatable bonds is 7. The van der Waals surface area contributed by atoms with Crippen molar-refractivity contribution in [3.8, 4) is 0 Å². The van der Waals surface area contributed by atoms with Crippen LogP contribution in [0.4, 0.5) is 9.52 Å². The van der Waals surface area contributed by atoms with Crippen LogP contribution in [0.25, 0.3) is 0 Å². The summed E-state index contributed by atoms with van der Waals surface area (Å²) in [6, 6.07) is 5.40. The van der Waals surface area contributed by atoms with E-state index >= 15 is 0 Å². The van der Waals surface area contributed by atoms with Crippen LogP contribution >= 0.6 is 11.3 Å². The van der Waals surface area contributed by atoms with Gasteiger partial charge in [-0.25, -0.2) is 4.39 Å². The monoisotopic (exact) mass is 307 g/mol.